The molecule has 0 saturated carbocycles. The van der Waals surface area contributed by atoms with Crippen LogP contribution in [0.3, 0.4) is 0 Å². The zero-order valence-corrected chi connectivity index (χ0v) is 14.7. The number of benzene rings is 2. The van der Waals surface area contributed by atoms with Gasteiger partial charge in [0, 0.05) is 11.8 Å². The first-order valence-electron chi connectivity index (χ1n) is 7.28. The lowest BCUT2D eigenvalue weighted by Gasteiger charge is -2.08. The molecular weight excluding hydrogens is 368 g/mol. The maximum Gasteiger partial charge on any atom is 0.343 e. The first-order valence-corrected chi connectivity index (χ1v) is 8.04. The van der Waals surface area contributed by atoms with Crippen molar-refractivity contribution in [1.29, 1.82) is 0 Å². The van der Waals surface area contributed by atoms with Gasteiger partial charge in [0.2, 0.25) is 0 Å². The molecule has 0 atom stereocenters. The van der Waals surface area contributed by atoms with Gasteiger partial charge in [0.05, 0.1) is 22.3 Å². The molecule has 0 aliphatic carbocycles. The van der Waals surface area contributed by atoms with E-state index in [0.717, 1.165) is 12.3 Å². The Balaban J connectivity index is 2.47. The Kier molecular flexibility index (Phi) is 6.56. The topological polar surface area (TPSA) is 58.9 Å². The van der Waals surface area contributed by atoms with E-state index >= 15 is 0 Å². The zero-order chi connectivity index (χ0) is 18.4. The van der Waals surface area contributed by atoms with Crippen molar-refractivity contribution in [2.24, 2.45) is 4.99 Å². The standard InChI is InChI=1S/C18H14Cl2FNO3/c1-2-25-18(24)13(17(23)12-5-3-4-6-14(12)19)10-22-11-7-8-16(21)15(20)9-11/h3-10,23H,2H2,1H3/b17-13+,22-10?. The fraction of sp³-hybridized carbons (Fsp3) is 0.111. The number of hydrogen-bond acceptors (Lipinski definition) is 4. The molecule has 0 amide bonds. The van der Waals surface area contributed by atoms with Gasteiger partial charge in [0.1, 0.15) is 17.1 Å². The average molecular weight is 382 g/mol. The molecule has 25 heavy (non-hydrogen) atoms. The van der Waals surface area contributed by atoms with Gasteiger partial charge >= 0.3 is 5.97 Å². The lowest BCUT2D eigenvalue weighted by Crippen LogP contribution is -2.11. The normalized spacial score (nSPS) is 12.2. The van der Waals surface area contributed by atoms with E-state index in [4.69, 9.17) is 27.9 Å². The molecule has 2 rings (SSSR count). The molecule has 0 fully saturated rings. The third-order valence-corrected chi connectivity index (χ3v) is 3.74. The molecule has 7 heteroatoms. The fourth-order valence-corrected chi connectivity index (χ4v) is 2.32. The van der Waals surface area contributed by atoms with Gasteiger partial charge in [-0.3, -0.25) is 4.99 Å². The van der Waals surface area contributed by atoms with Gasteiger partial charge in [-0.15, -0.1) is 0 Å². The van der Waals surface area contributed by atoms with Crippen LogP contribution < -0.4 is 0 Å². The minimum absolute atomic E-state index is 0.105. The van der Waals surface area contributed by atoms with Crippen molar-refractivity contribution < 1.29 is 19.0 Å². The maximum absolute atomic E-state index is 13.2. The lowest BCUT2D eigenvalue weighted by molar-refractivity contribution is -0.137. The van der Waals surface area contributed by atoms with Crippen molar-refractivity contribution in [2.45, 2.75) is 6.92 Å². The van der Waals surface area contributed by atoms with Crippen LogP contribution in [0.5, 0.6) is 0 Å². The second-order valence-electron chi connectivity index (χ2n) is 4.82. The van der Waals surface area contributed by atoms with Gasteiger partial charge in [0.15, 0.2) is 0 Å². The Labute approximate surface area is 154 Å². The van der Waals surface area contributed by atoms with E-state index in [9.17, 15) is 14.3 Å². The first-order chi connectivity index (χ1) is 11.9. The number of halogens is 3. The van der Waals surface area contributed by atoms with Crippen molar-refractivity contribution in [3.05, 3.63) is 69.5 Å². The highest BCUT2D eigenvalue weighted by atomic mass is 35.5. The molecule has 0 spiro atoms. The molecule has 130 valence electrons. The van der Waals surface area contributed by atoms with Crippen LogP contribution in [0.1, 0.15) is 12.5 Å². The summed E-state index contributed by atoms with van der Waals surface area (Å²) in [5.74, 6) is -1.72. The number of hydrogen-bond donors (Lipinski definition) is 1. The number of aliphatic hydroxyl groups is 1. The molecule has 0 bridgehead atoms. The third kappa shape index (κ3) is 4.81. The Morgan fingerprint density at radius 2 is 1.96 bits per heavy atom. The molecule has 0 aliphatic heterocycles. The summed E-state index contributed by atoms with van der Waals surface area (Å²) in [5, 5.41) is 10.6. The number of carbonyl (C=O) groups is 1. The number of esters is 1. The van der Waals surface area contributed by atoms with Gasteiger partial charge < -0.3 is 9.84 Å². The first kappa shape index (κ1) is 19.0. The Hall–Kier alpha value is -2.37. The minimum Gasteiger partial charge on any atom is -0.506 e. The van der Waals surface area contributed by atoms with E-state index in [1.54, 1.807) is 31.2 Å². The van der Waals surface area contributed by atoms with Crippen LogP contribution in [0.2, 0.25) is 10.0 Å². The van der Waals surface area contributed by atoms with Gasteiger partial charge in [-0.2, -0.15) is 0 Å². The van der Waals surface area contributed by atoms with Crippen LogP contribution in [0.15, 0.2) is 53.0 Å². The van der Waals surface area contributed by atoms with E-state index in [2.05, 4.69) is 4.99 Å². The van der Waals surface area contributed by atoms with Crippen molar-refractivity contribution >= 4 is 46.8 Å². The molecule has 4 nitrogen and oxygen atoms in total. The largest absolute Gasteiger partial charge is 0.506 e. The van der Waals surface area contributed by atoms with Crippen LogP contribution in [0.4, 0.5) is 10.1 Å². The summed E-state index contributed by atoms with van der Waals surface area (Å²) in [7, 11) is 0. The molecule has 0 unspecified atom stereocenters. The highest BCUT2D eigenvalue weighted by molar-refractivity contribution is 6.32. The van der Waals surface area contributed by atoms with Crippen LogP contribution in [-0.2, 0) is 9.53 Å². The summed E-state index contributed by atoms with van der Waals surface area (Å²) in [5.41, 5.74) is 0.381. The number of nitrogens with zero attached hydrogens (tertiary/aromatic N) is 1. The number of rotatable bonds is 5. The smallest absolute Gasteiger partial charge is 0.343 e. The zero-order valence-electron chi connectivity index (χ0n) is 13.2. The Bertz CT molecular complexity index is 850. The van der Waals surface area contributed by atoms with Gasteiger partial charge in [-0.1, -0.05) is 35.3 Å². The highest BCUT2D eigenvalue weighted by Crippen LogP contribution is 2.25. The lowest BCUT2D eigenvalue weighted by atomic mass is 10.1. The minimum atomic E-state index is -0.767. The average Bonchev–Trinajstić information content (AvgIpc) is 2.58. The summed E-state index contributed by atoms with van der Waals surface area (Å²) in [4.78, 5) is 16.2. The summed E-state index contributed by atoms with van der Waals surface area (Å²) in [6.45, 7) is 1.76. The second-order valence-corrected chi connectivity index (χ2v) is 5.63. The predicted octanol–water partition coefficient (Wildman–Crippen LogP) is 5.37. The number of aliphatic hydroxyl groups excluding tert-OH is 1. The third-order valence-electron chi connectivity index (χ3n) is 3.13. The molecule has 1 N–H and O–H groups in total. The van der Waals surface area contributed by atoms with Crippen LogP contribution in [0.25, 0.3) is 5.76 Å². The van der Waals surface area contributed by atoms with E-state index in [1.165, 1.54) is 12.1 Å². The number of carbonyl (C=O) groups excluding carboxylic acids is 1. The molecule has 0 saturated heterocycles. The number of ether oxygens (including phenoxy) is 1. The molecule has 0 aromatic heterocycles. The van der Waals surface area contributed by atoms with Crippen molar-refractivity contribution in [3.8, 4) is 0 Å². The highest BCUT2D eigenvalue weighted by Gasteiger charge is 2.18. The summed E-state index contributed by atoms with van der Waals surface area (Å²) >= 11 is 11.8. The van der Waals surface area contributed by atoms with Gasteiger partial charge in [-0.05, 0) is 37.3 Å². The van der Waals surface area contributed by atoms with Crippen molar-refractivity contribution in [2.75, 3.05) is 6.61 Å². The number of aliphatic imine (C=N–C) groups is 1. The van der Waals surface area contributed by atoms with Gasteiger partial charge in [-0.25, -0.2) is 9.18 Å². The SMILES string of the molecule is CCOC(=O)/C(C=Nc1ccc(F)c(Cl)c1)=C(/O)c1ccccc1Cl. The monoisotopic (exact) mass is 381 g/mol. The van der Waals surface area contributed by atoms with Gasteiger partial charge in [0.25, 0.3) is 0 Å². The summed E-state index contributed by atoms with van der Waals surface area (Å²) in [6, 6.07) is 10.3. The summed E-state index contributed by atoms with van der Waals surface area (Å²) in [6.07, 6.45) is 1.13. The molecule has 2 aromatic rings. The van der Waals surface area contributed by atoms with Crippen LogP contribution >= 0.6 is 23.2 Å². The van der Waals surface area contributed by atoms with Crippen LogP contribution in [-0.4, -0.2) is 23.9 Å². The Morgan fingerprint density at radius 1 is 1.24 bits per heavy atom. The van der Waals surface area contributed by atoms with E-state index in [-0.39, 0.29) is 33.5 Å². The second kappa shape index (κ2) is 8.65. The summed E-state index contributed by atoms with van der Waals surface area (Å²) < 4.78 is 18.1. The molecular formula is C18H14Cl2FNO3. The van der Waals surface area contributed by atoms with Crippen molar-refractivity contribution in [3.63, 3.8) is 0 Å². The van der Waals surface area contributed by atoms with E-state index < -0.39 is 11.8 Å². The van der Waals surface area contributed by atoms with Crippen LogP contribution in [0, 0.1) is 5.82 Å². The molecule has 0 radical (unpaired) electrons. The maximum atomic E-state index is 13.2. The predicted molar refractivity (Wildman–Crippen MR) is 97.2 cm³/mol. The Morgan fingerprint density at radius 3 is 2.60 bits per heavy atom. The molecule has 0 heterocycles. The quantitative estimate of drug-likeness (QED) is 0.328. The molecule has 2 aromatic carbocycles. The van der Waals surface area contributed by atoms with Crippen molar-refractivity contribution in [1.82, 2.24) is 0 Å². The van der Waals surface area contributed by atoms with E-state index in [0.29, 0.717) is 5.69 Å². The molecule has 0 aliphatic rings. The van der Waals surface area contributed by atoms with E-state index in [1.807, 2.05) is 0 Å². The fourth-order valence-electron chi connectivity index (χ4n) is 1.92.